The summed E-state index contributed by atoms with van der Waals surface area (Å²) < 4.78 is 202. The molecule has 0 amide bonds. The number of pyridine rings is 2. The van der Waals surface area contributed by atoms with E-state index in [1.807, 2.05) is 10.6 Å². The predicted molar refractivity (Wildman–Crippen MR) is 197 cm³/mol. The molecule has 2 aromatic heterocycles. The van der Waals surface area contributed by atoms with Gasteiger partial charge in [0, 0.05) is 23.6 Å². The first kappa shape index (κ1) is 52.2. The van der Waals surface area contributed by atoms with Crippen molar-refractivity contribution in [1.82, 2.24) is 9.97 Å². The van der Waals surface area contributed by atoms with Gasteiger partial charge < -0.3 is 37.8 Å². The van der Waals surface area contributed by atoms with Crippen LogP contribution < -0.4 is 23.0 Å². The van der Waals surface area contributed by atoms with Gasteiger partial charge in [0.25, 0.3) is 0 Å². The van der Waals surface area contributed by atoms with Crippen LogP contribution in [0.5, 0.6) is 0 Å². The maximum atomic E-state index is 13.2. The fourth-order valence-corrected chi connectivity index (χ4v) is 7.84. The van der Waals surface area contributed by atoms with Crippen LogP contribution in [0.15, 0.2) is 77.7 Å². The third kappa shape index (κ3) is 12.9. The molecule has 3 aromatic carbocycles. The zero-order chi connectivity index (χ0) is 46.7. The summed E-state index contributed by atoms with van der Waals surface area (Å²) in [6.45, 7) is 1.43. The number of alkyl halides is 12. The SMILES string of the molecule is O=S(=O)([O-])c1ccc(F)cc1.OC(c1cc(C(F)(F)F)nc2c(C(F)(F)F)cccc12)C1CCCC[NH2+]1.OC(c1cc(C(F)(F)F)nc2c(C(F)(F)F)cccc12)C1CCCC[NH2+]1.[Cl-]. The molecule has 4 heterocycles. The van der Waals surface area contributed by atoms with Crippen LogP contribution in [0.4, 0.5) is 57.1 Å². The van der Waals surface area contributed by atoms with Gasteiger partial charge in [-0.3, -0.25) is 0 Å². The summed E-state index contributed by atoms with van der Waals surface area (Å²) in [7, 11) is -4.44. The standard InChI is InChI=1S/2C17H16F6N2O.C6H5FO3S.ClH/c2*18-16(19,20)11-5-3-4-9-10(15(26)12-6-1-2-7-24-12)8-13(17(21,22)23)25-14(9)11;7-5-1-3-6(4-2-5)11(8,9)10;/h2*3-5,8,12,15,24,26H,1-2,6-7H2;1-4H,(H,8,9,10);1H. The Kier molecular flexibility index (Phi) is 16.7. The number of aliphatic hydroxyl groups excluding tert-OH is 2. The lowest BCUT2D eigenvalue weighted by atomic mass is 9.91. The van der Waals surface area contributed by atoms with Crippen molar-refractivity contribution in [1.29, 1.82) is 0 Å². The third-order valence-corrected chi connectivity index (χ3v) is 11.3. The normalized spacial score (nSPS) is 18.5. The second-order valence-corrected chi connectivity index (χ2v) is 16.1. The molecule has 24 heteroatoms. The molecular formula is C40H38ClF13N4O5S. The first-order chi connectivity index (χ1) is 29.2. The molecule has 352 valence electrons. The first-order valence-electron chi connectivity index (χ1n) is 19.1. The largest absolute Gasteiger partial charge is 1.00 e. The lowest BCUT2D eigenvalue weighted by Gasteiger charge is -2.26. The number of rotatable bonds is 5. The molecule has 2 aliphatic rings. The molecule has 2 fully saturated rings. The Morgan fingerprint density at radius 3 is 1.27 bits per heavy atom. The van der Waals surface area contributed by atoms with Gasteiger partial charge in [0.1, 0.15) is 51.6 Å². The highest BCUT2D eigenvalue weighted by atomic mass is 35.5. The number of aromatic nitrogens is 2. The van der Waals surface area contributed by atoms with Gasteiger partial charge in [-0.1, -0.05) is 24.3 Å². The number of fused-ring (bicyclic) bond motifs is 2. The molecule has 4 atom stereocenters. The average Bonchev–Trinajstić information content (AvgIpc) is 3.21. The molecule has 0 radical (unpaired) electrons. The van der Waals surface area contributed by atoms with Crippen LogP contribution in [0, 0.1) is 5.82 Å². The Labute approximate surface area is 362 Å². The van der Waals surface area contributed by atoms with Crippen LogP contribution >= 0.6 is 0 Å². The fraction of sp³-hybridized carbons (Fsp3) is 0.400. The van der Waals surface area contributed by atoms with Gasteiger partial charge in [0.05, 0.1) is 40.1 Å². The maximum Gasteiger partial charge on any atom is 0.433 e. The van der Waals surface area contributed by atoms with E-state index in [0.717, 1.165) is 62.1 Å². The maximum absolute atomic E-state index is 13.2. The molecule has 7 rings (SSSR count). The minimum absolute atomic E-state index is 0. The van der Waals surface area contributed by atoms with Crippen LogP contribution in [0.25, 0.3) is 21.8 Å². The summed E-state index contributed by atoms with van der Waals surface area (Å²) in [5.41, 5.74) is -7.30. The number of nitrogens with two attached hydrogens (primary N) is 2. The molecule has 2 aliphatic heterocycles. The monoisotopic (exact) mass is 968 g/mol. The van der Waals surface area contributed by atoms with Gasteiger partial charge in [0.2, 0.25) is 0 Å². The summed E-state index contributed by atoms with van der Waals surface area (Å²) in [4.78, 5) is 6.05. The number of piperidine rings is 2. The second kappa shape index (κ2) is 20.4. The van der Waals surface area contributed by atoms with Crippen molar-refractivity contribution in [2.75, 3.05) is 13.1 Å². The Morgan fingerprint density at radius 2 is 0.969 bits per heavy atom. The molecule has 64 heavy (non-hydrogen) atoms. The van der Waals surface area contributed by atoms with Gasteiger partial charge in [-0.25, -0.2) is 22.8 Å². The fourth-order valence-electron chi connectivity index (χ4n) is 7.37. The van der Waals surface area contributed by atoms with E-state index in [0.29, 0.717) is 50.2 Å². The lowest BCUT2D eigenvalue weighted by Crippen LogP contribution is -3.00. The third-order valence-electron chi connectivity index (χ3n) is 10.4. The predicted octanol–water partition coefficient (Wildman–Crippen LogP) is 4.58. The van der Waals surface area contributed by atoms with Crippen LogP contribution in [0.1, 0.15) is 84.4 Å². The molecule has 9 nitrogen and oxygen atoms in total. The molecule has 5 aromatic rings. The van der Waals surface area contributed by atoms with Crippen molar-refractivity contribution in [3.05, 3.63) is 112 Å². The molecule has 4 unspecified atom stereocenters. The zero-order valence-electron chi connectivity index (χ0n) is 32.8. The zero-order valence-corrected chi connectivity index (χ0v) is 34.3. The lowest BCUT2D eigenvalue weighted by molar-refractivity contribution is -0.705. The van der Waals surface area contributed by atoms with Crippen LogP contribution in [0.3, 0.4) is 0 Å². The van der Waals surface area contributed by atoms with Crippen molar-refractivity contribution in [3.63, 3.8) is 0 Å². The van der Waals surface area contributed by atoms with E-state index in [4.69, 9.17) is 0 Å². The van der Waals surface area contributed by atoms with Crippen molar-refractivity contribution in [3.8, 4) is 0 Å². The van der Waals surface area contributed by atoms with E-state index in [1.165, 1.54) is 12.1 Å². The Bertz CT molecular complexity index is 2340. The molecule has 6 N–H and O–H groups in total. The Balaban J connectivity index is 0.000000225. The topological polar surface area (TPSA) is 157 Å². The number of hydrogen-bond acceptors (Lipinski definition) is 7. The highest BCUT2D eigenvalue weighted by Crippen LogP contribution is 2.41. The van der Waals surface area contributed by atoms with Crippen LogP contribution in [0.2, 0.25) is 0 Å². The number of halogens is 14. The Hall–Kier alpha value is -4.39. The molecule has 0 saturated carbocycles. The van der Waals surface area contributed by atoms with E-state index < -0.39 is 103 Å². The van der Waals surface area contributed by atoms with Crippen molar-refractivity contribution >= 4 is 31.9 Å². The van der Waals surface area contributed by atoms with E-state index in [2.05, 4.69) is 9.97 Å². The number of quaternary nitrogens is 2. The Morgan fingerprint density at radius 1 is 0.594 bits per heavy atom. The molecule has 0 spiro atoms. The van der Waals surface area contributed by atoms with Crippen molar-refractivity contribution in [2.45, 2.75) is 92.4 Å². The summed E-state index contributed by atoms with van der Waals surface area (Å²) in [6.07, 6.45) is -17.6. The summed E-state index contributed by atoms with van der Waals surface area (Å²) in [5, 5.41) is 24.7. The number of benzene rings is 3. The molecular weight excluding hydrogens is 931 g/mol. The number of para-hydroxylation sites is 2. The minimum atomic E-state index is -4.92. The van der Waals surface area contributed by atoms with Gasteiger partial charge in [-0.2, -0.15) is 52.7 Å². The quantitative estimate of drug-likeness (QED) is 0.149. The van der Waals surface area contributed by atoms with Gasteiger partial charge in [0.15, 0.2) is 0 Å². The van der Waals surface area contributed by atoms with Gasteiger partial charge in [-0.05, 0) is 85.3 Å². The smallest absolute Gasteiger partial charge is 0.433 e. The van der Waals surface area contributed by atoms with Crippen molar-refractivity contribution in [2.24, 2.45) is 0 Å². The minimum Gasteiger partial charge on any atom is -1.00 e. The van der Waals surface area contributed by atoms with Gasteiger partial charge in [-0.15, -0.1) is 0 Å². The highest BCUT2D eigenvalue weighted by Gasteiger charge is 2.41. The second-order valence-electron chi connectivity index (χ2n) is 14.8. The van der Waals surface area contributed by atoms with E-state index >= 15 is 0 Å². The number of nitrogens with zero attached hydrogens (tertiary/aromatic N) is 2. The summed E-state index contributed by atoms with van der Waals surface area (Å²) in [6, 6.07) is 10.4. The highest BCUT2D eigenvalue weighted by molar-refractivity contribution is 7.85. The molecule has 0 aliphatic carbocycles. The molecule has 2 saturated heterocycles. The van der Waals surface area contributed by atoms with E-state index in [9.17, 15) is 80.3 Å². The van der Waals surface area contributed by atoms with E-state index in [-0.39, 0.29) is 34.3 Å². The number of hydrogen-bond donors (Lipinski definition) is 4. The summed E-state index contributed by atoms with van der Waals surface area (Å²) >= 11 is 0. The first-order valence-corrected chi connectivity index (χ1v) is 20.5. The van der Waals surface area contributed by atoms with Gasteiger partial charge >= 0.3 is 24.7 Å². The van der Waals surface area contributed by atoms with Crippen molar-refractivity contribution < 1.29 is 103 Å². The number of aliphatic hydroxyl groups is 2. The average molecular weight is 969 g/mol. The summed E-state index contributed by atoms with van der Waals surface area (Å²) in [5.74, 6) is -0.572. The molecule has 0 bridgehead atoms. The van der Waals surface area contributed by atoms with Crippen LogP contribution in [-0.4, -0.2) is 58.3 Å². The van der Waals surface area contributed by atoms with Crippen LogP contribution in [-0.2, 0) is 34.8 Å². The van der Waals surface area contributed by atoms with E-state index in [1.54, 1.807) is 0 Å².